The quantitative estimate of drug-likeness (QED) is 0.454. The lowest BCUT2D eigenvalue weighted by Gasteiger charge is -2.11. The lowest BCUT2D eigenvalue weighted by Crippen LogP contribution is -2.19. The van der Waals surface area contributed by atoms with Gasteiger partial charge < -0.3 is 14.6 Å². The van der Waals surface area contributed by atoms with Crippen LogP contribution in [0.2, 0.25) is 0 Å². The van der Waals surface area contributed by atoms with E-state index in [-0.39, 0.29) is 0 Å². The van der Waals surface area contributed by atoms with Gasteiger partial charge in [0.15, 0.2) is 5.65 Å². The van der Waals surface area contributed by atoms with Crippen molar-refractivity contribution in [1.29, 1.82) is 0 Å². The molecular formula is C22H21N7O. The predicted octanol–water partition coefficient (Wildman–Crippen LogP) is 3.50. The Labute approximate surface area is 173 Å². The van der Waals surface area contributed by atoms with Crippen LogP contribution in [-0.2, 0) is 0 Å². The Morgan fingerprint density at radius 3 is 2.77 bits per heavy atom. The van der Waals surface area contributed by atoms with Crippen LogP contribution in [0.15, 0.2) is 55.2 Å². The molecule has 0 aromatic carbocycles. The van der Waals surface area contributed by atoms with Crippen molar-refractivity contribution in [2.24, 2.45) is 0 Å². The van der Waals surface area contributed by atoms with Gasteiger partial charge in [-0.05, 0) is 38.4 Å². The molecule has 5 rings (SSSR count). The molecule has 0 bridgehead atoms. The topological polar surface area (TPSA) is 95.6 Å². The van der Waals surface area contributed by atoms with Crippen LogP contribution in [0.1, 0.15) is 0 Å². The van der Waals surface area contributed by atoms with E-state index >= 15 is 0 Å². The molecule has 30 heavy (non-hydrogen) atoms. The van der Waals surface area contributed by atoms with Gasteiger partial charge in [-0.25, -0.2) is 4.98 Å². The number of pyridine rings is 3. The lowest BCUT2D eigenvalue weighted by atomic mass is 10.1. The fraction of sp³-hybridized carbons (Fsp3) is 0.182. The van der Waals surface area contributed by atoms with Crippen molar-refractivity contribution in [3.8, 4) is 28.3 Å². The van der Waals surface area contributed by atoms with Crippen LogP contribution in [0, 0.1) is 0 Å². The number of fused-ring (bicyclic) bond motifs is 2. The van der Waals surface area contributed by atoms with Crippen LogP contribution in [-0.4, -0.2) is 62.3 Å². The van der Waals surface area contributed by atoms with Crippen LogP contribution in [0.5, 0.6) is 5.75 Å². The number of hydrogen-bond donors (Lipinski definition) is 2. The first-order valence-corrected chi connectivity index (χ1v) is 9.67. The van der Waals surface area contributed by atoms with Gasteiger partial charge in [0.05, 0.1) is 11.9 Å². The number of ether oxygens (including phenoxy) is 1. The Balaban J connectivity index is 1.50. The van der Waals surface area contributed by atoms with Gasteiger partial charge in [-0.1, -0.05) is 0 Å². The van der Waals surface area contributed by atoms with E-state index in [0.717, 1.165) is 56.7 Å². The molecule has 8 nitrogen and oxygen atoms in total. The number of H-pyrrole nitrogens is 2. The molecule has 0 aliphatic carbocycles. The number of rotatable bonds is 6. The van der Waals surface area contributed by atoms with E-state index in [1.807, 2.05) is 50.9 Å². The van der Waals surface area contributed by atoms with Gasteiger partial charge in [-0.15, -0.1) is 0 Å². The van der Waals surface area contributed by atoms with Gasteiger partial charge in [-0.3, -0.25) is 15.1 Å². The Hall–Kier alpha value is -3.78. The van der Waals surface area contributed by atoms with Crippen LogP contribution in [0.25, 0.3) is 44.5 Å². The first-order valence-electron chi connectivity index (χ1n) is 9.67. The largest absolute Gasteiger partial charge is 0.491 e. The highest BCUT2D eigenvalue weighted by molar-refractivity contribution is 5.95. The van der Waals surface area contributed by atoms with E-state index in [4.69, 9.17) is 4.74 Å². The smallest absolute Gasteiger partial charge is 0.155 e. The summed E-state index contributed by atoms with van der Waals surface area (Å²) in [6, 6.07) is 8.06. The standard InChI is InChI=1S/C22H21N7O/c1-29(2)5-6-30-17-7-14(10-24-13-17)15-8-18-21(27-28-22(18)25-12-15)20-9-16-11-23-4-3-19(16)26-20/h3-4,7-13,26H,5-6H2,1-2H3,(H,25,27,28). The SMILES string of the molecule is CN(C)CCOc1cncc(-c2cnc3[nH]nc(-c4cc5cnccc5[nH]4)c3c2)c1. The molecule has 5 aromatic heterocycles. The fourth-order valence-corrected chi connectivity index (χ4v) is 3.37. The van der Waals surface area contributed by atoms with Crippen LogP contribution >= 0.6 is 0 Å². The molecule has 2 N–H and O–H groups in total. The van der Waals surface area contributed by atoms with Crippen molar-refractivity contribution in [3.05, 3.63) is 55.2 Å². The second-order valence-corrected chi connectivity index (χ2v) is 7.40. The van der Waals surface area contributed by atoms with Gasteiger partial charge in [0.25, 0.3) is 0 Å². The number of hydrogen-bond acceptors (Lipinski definition) is 6. The van der Waals surface area contributed by atoms with Gasteiger partial charge in [-0.2, -0.15) is 5.10 Å². The van der Waals surface area contributed by atoms with Crippen molar-refractivity contribution in [2.75, 3.05) is 27.2 Å². The molecule has 0 aliphatic heterocycles. The molecule has 0 unspecified atom stereocenters. The normalized spacial score (nSPS) is 11.6. The molecular weight excluding hydrogens is 378 g/mol. The zero-order chi connectivity index (χ0) is 20.5. The minimum Gasteiger partial charge on any atom is -0.491 e. The third-order valence-electron chi connectivity index (χ3n) is 4.95. The maximum absolute atomic E-state index is 5.82. The van der Waals surface area contributed by atoms with Crippen LogP contribution in [0.4, 0.5) is 0 Å². The molecule has 0 spiro atoms. The average molecular weight is 399 g/mol. The van der Waals surface area contributed by atoms with E-state index in [9.17, 15) is 0 Å². The van der Waals surface area contributed by atoms with E-state index in [0.29, 0.717) is 6.61 Å². The molecule has 150 valence electrons. The summed E-state index contributed by atoms with van der Waals surface area (Å²) in [5, 5.41) is 9.48. The maximum atomic E-state index is 5.82. The summed E-state index contributed by atoms with van der Waals surface area (Å²) in [4.78, 5) is 18.5. The van der Waals surface area contributed by atoms with Gasteiger partial charge in [0.1, 0.15) is 18.1 Å². The molecule has 5 aromatic rings. The third-order valence-corrected chi connectivity index (χ3v) is 4.95. The van der Waals surface area contributed by atoms with E-state index in [2.05, 4.69) is 41.1 Å². The Morgan fingerprint density at radius 2 is 1.90 bits per heavy atom. The summed E-state index contributed by atoms with van der Waals surface area (Å²) in [7, 11) is 4.04. The minimum atomic E-state index is 0.608. The summed E-state index contributed by atoms with van der Waals surface area (Å²) in [6.07, 6.45) is 8.97. The number of likely N-dealkylation sites (N-methyl/N-ethyl adjacent to an activating group) is 1. The van der Waals surface area contributed by atoms with Crippen molar-refractivity contribution < 1.29 is 4.74 Å². The molecule has 8 heteroatoms. The molecule has 0 fully saturated rings. The van der Waals surface area contributed by atoms with Crippen LogP contribution in [0.3, 0.4) is 0 Å². The molecule has 5 heterocycles. The highest BCUT2D eigenvalue weighted by Crippen LogP contribution is 2.31. The number of nitrogens with zero attached hydrogens (tertiary/aromatic N) is 5. The highest BCUT2D eigenvalue weighted by Gasteiger charge is 2.13. The Kier molecular flexibility index (Phi) is 4.61. The first-order chi connectivity index (χ1) is 14.7. The zero-order valence-electron chi connectivity index (χ0n) is 16.8. The zero-order valence-corrected chi connectivity index (χ0v) is 16.8. The number of aromatic nitrogens is 6. The molecule has 0 aliphatic rings. The first kappa shape index (κ1) is 18.3. The fourth-order valence-electron chi connectivity index (χ4n) is 3.37. The summed E-state index contributed by atoms with van der Waals surface area (Å²) < 4.78 is 5.82. The Morgan fingerprint density at radius 1 is 1.00 bits per heavy atom. The summed E-state index contributed by atoms with van der Waals surface area (Å²) in [5.74, 6) is 0.741. The summed E-state index contributed by atoms with van der Waals surface area (Å²) in [5.41, 5.74) is 5.39. The molecule has 0 radical (unpaired) electrons. The van der Waals surface area contributed by atoms with Gasteiger partial charge in [0.2, 0.25) is 0 Å². The number of aromatic amines is 2. The molecule has 0 atom stereocenters. The molecule has 0 saturated carbocycles. The second kappa shape index (κ2) is 7.57. The number of nitrogens with one attached hydrogen (secondary N) is 2. The molecule has 0 saturated heterocycles. The second-order valence-electron chi connectivity index (χ2n) is 7.40. The van der Waals surface area contributed by atoms with Crippen molar-refractivity contribution in [1.82, 2.24) is 35.0 Å². The van der Waals surface area contributed by atoms with E-state index in [1.165, 1.54) is 0 Å². The van der Waals surface area contributed by atoms with Crippen molar-refractivity contribution >= 4 is 21.9 Å². The van der Waals surface area contributed by atoms with E-state index in [1.54, 1.807) is 12.4 Å². The maximum Gasteiger partial charge on any atom is 0.155 e. The van der Waals surface area contributed by atoms with Crippen molar-refractivity contribution in [3.63, 3.8) is 0 Å². The van der Waals surface area contributed by atoms with Crippen molar-refractivity contribution in [2.45, 2.75) is 0 Å². The van der Waals surface area contributed by atoms with Gasteiger partial charge in [0, 0.05) is 58.7 Å². The summed E-state index contributed by atoms with van der Waals surface area (Å²) in [6.45, 7) is 1.45. The minimum absolute atomic E-state index is 0.608. The summed E-state index contributed by atoms with van der Waals surface area (Å²) >= 11 is 0. The highest BCUT2D eigenvalue weighted by atomic mass is 16.5. The molecule has 0 amide bonds. The Bertz CT molecular complexity index is 1290. The van der Waals surface area contributed by atoms with Gasteiger partial charge >= 0.3 is 0 Å². The predicted molar refractivity (Wildman–Crippen MR) is 116 cm³/mol. The third kappa shape index (κ3) is 3.48. The van der Waals surface area contributed by atoms with Crippen LogP contribution < -0.4 is 4.74 Å². The average Bonchev–Trinajstić information content (AvgIpc) is 3.37. The van der Waals surface area contributed by atoms with E-state index < -0.39 is 0 Å². The monoisotopic (exact) mass is 399 g/mol. The lowest BCUT2D eigenvalue weighted by molar-refractivity contribution is 0.261.